The van der Waals surface area contributed by atoms with Crippen LogP contribution in [0.1, 0.15) is 36.6 Å². The molecule has 0 fully saturated rings. The number of fused-ring (bicyclic) bond motifs is 1. The predicted octanol–water partition coefficient (Wildman–Crippen LogP) is 1.89. The van der Waals surface area contributed by atoms with Crippen molar-refractivity contribution in [2.24, 2.45) is 0 Å². The number of hydrogen-bond acceptors (Lipinski definition) is 6. The first-order valence-corrected chi connectivity index (χ1v) is 8.31. The quantitative estimate of drug-likeness (QED) is 0.777. The fourth-order valence-electron chi connectivity index (χ4n) is 2.93. The molecule has 1 aromatic carbocycles. The Morgan fingerprint density at radius 3 is 2.79 bits per heavy atom. The Kier molecular flexibility index (Phi) is 4.97. The summed E-state index contributed by atoms with van der Waals surface area (Å²) in [5.74, 6) is 1.60. The van der Waals surface area contributed by atoms with Gasteiger partial charge < -0.3 is 20.4 Å². The van der Waals surface area contributed by atoms with Gasteiger partial charge in [0.05, 0.1) is 12.7 Å². The van der Waals surface area contributed by atoms with E-state index in [1.807, 2.05) is 19.1 Å². The number of aliphatic hydroxyl groups excluding tert-OH is 2. The van der Waals surface area contributed by atoms with E-state index in [9.17, 15) is 5.11 Å². The first kappa shape index (κ1) is 16.7. The number of nitrogens with one attached hydrogen (secondary N) is 1. The number of hydrogen-bond donors (Lipinski definition) is 3. The van der Waals surface area contributed by atoms with Crippen LogP contribution in [0.2, 0.25) is 0 Å². The summed E-state index contributed by atoms with van der Waals surface area (Å²) in [4.78, 5) is 10.8. The molecule has 3 N–H and O–H groups in total. The molecule has 2 atom stereocenters. The zero-order valence-electron chi connectivity index (χ0n) is 14.1. The zero-order valence-corrected chi connectivity index (χ0v) is 14.1. The molecule has 0 saturated heterocycles. The van der Waals surface area contributed by atoms with E-state index in [2.05, 4.69) is 32.3 Å². The van der Waals surface area contributed by atoms with Gasteiger partial charge in [0.15, 0.2) is 0 Å². The van der Waals surface area contributed by atoms with Crippen molar-refractivity contribution in [2.45, 2.75) is 39.0 Å². The van der Waals surface area contributed by atoms with Crippen LogP contribution < -0.4 is 10.2 Å². The van der Waals surface area contributed by atoms with Crippen molar-refractivity contribution in [1.82, 2.24) is 9.97 Å². The second-order valence-corrected chi connectivity index (χ2v) is 6.37. The monoisotopic (exact) mass is 328 g/mol. The van der Waals surface area contributed by atoms with Crippen molar-refractivity contribution in [1.29, 1.82) is 0 Å². The Morgan fingerprint density at radius 1 is 1.21 bits per heavy atom. The molecule has 0 bridgehead atoms. The van der Waals surface area contributed by atoms with Gasteiger partial charge in [0.1, 0.15) is 18.0 Å². The molecule has 2 heterocycles. The molecule has 0 amide bonds. The molecular weight excluding hydrogens is 304 g/mol. The molecule has 1 aliphatic rings. The summed E-state index contributed by atoms with van der Waals surface area (Å²) in [5, 5.41) is 22.0. The van der Waals surface area contributed by atoms with E-state index in [-0.39, 0.29) is 12.6 Å². The molecular formula is C18H24N4O2. The topological polar surface area (TPSA) is 81.5 Å². The summed E-state index contributed by atoms with van der Waals surface area (Å²) in [5.41, 5.74) is 3.53. The lowest BCUT2D eigenvalue weighted by Gasteiger charge is -2.30. The fraction of sp³-hybridized carbons (Fsp3) is 0.444. The van der Waals surface area contributed by atoms with Gasteiger partial charge >= 0.3 is 0 Å². The summed E-state index contributed by atoms with van der Waals surface area (Å²) in [6.07, 6.45) is 2.04. The molecule has 1 aliphatic heterocycles. The maximum Gasteiger partial charge on any atom is 0.134 e. The second-order valence-electron chi connectivity index (χ2n) is 6.37. The summed E-state index contributed by atoms with van der Waals surface area (Å²) in [6.45, 7) is 5.42. The minimum absolute atomic E-state index is 0.0475. The molecule has 0 unspecified atom stereocenters. The van der Waals surface area contributed by atoms with Gasteiger partial charge in [-0.3, -0.25) is 0 Å². The Bertz CT molecular complexity index is 705. The summed E-state index contributed by atoms with van der Waals surface area (Å²) in [6, 6.07) is 8.06. The van der Waals surface area contributed by atoms with Crippen LogP contribution >= 0.6 is 0 Å². The standard InChI is InChI=1S/C18H24N4O2/c1-12(10-23)21-17-8-18(20-11-19-17)22-6-5-15-7-14(13(2)24)3-4-16(15)9-22/h3-4,7-8,11-13,23-24H,5-6,9-10H2,1-2H3,(H,19,20,21)/t12-,13+/m1/s1. The van der Waals surface area contributed by atoms with Crippen molar-refractivity contribution in [2.75, 3.05) is 23.4 Å². The number of nitrogens with zero attached hydrogens (tertiary/aromatic N) is 3. The zero-order chi connectivity index (χ0) is 17.1. The van der Waals surface area contributed by atoms with Crippen molar-refractivity contribution in [3.8, 4) is 0 Å². The molecule has 6 heteroatoms. The average molecular weight is 328 g/mol. The molecule has 1 aromatic heterocycles. The molecule has 0 spiro atoms. The van der Waals surface area contributed by atoms with Gasteiger partial charge in [-0.2, -0.15) is 0 Å². The van der Waals surface area contributed by atoms with Crippen LogP contribution in [0.3, 0.4) is 0 Å². The van der Waals surface area contributed by atoms with Crippen LogP contribution in [0, 0.1) is 0 Å². The molecule has 24 heavy (non-hydrogen) atoms. The van der Waals surface area contributed by atoms with E-state index in [1.165, 1.54) is 11.1 Å². The van der Waals surface area contributed by atoms with Crippen LogP contribution in [0.4, 0.5) is 11.6 Å². The smallest absolute Gasteiger partial charge is 0.134 e. The minimum atomic E-state index is -0.433. The van der Waals surface area contributed by atoms with E-state index in [0.717, 1.165) is 36.7 Å². The second kappa shape index (κ2) is 7.15. The average Bonchev–Trinajstić information content (AvgIpc) is 2.60. The van der Waals surface area contributed by atoms with E-state index >= 15 is 0 Å². The van der Waals surface area contributed by atoms with E-state index in [4.69, 9.17) is 5.11 Å². The lowest BCUT2D eigenvalue weighted by Crippen LogP contribution is -2.31. The van der Waals surface area contributed by atoms with Crippen LogP contribution in [0.25, 0.3) is 0 Å². The van der Waals surface area contributed by atoms with Crippen LogP contribution in [-0.4, -0.2) is 39.4 Å². The lowest BCUT2D eigenvalue weighted by molar-refractivity contribution is 0.199. The highest BCUT2D eigenvalue weighted by atomic mass is 16.3. The molecule has 6 nitrogen and oxygen atoms in total. The normalized spacial score (nSPS) is 16.4. The van der Waals surface area contributed by atoms with Gasteiger partial charge in [-0.25, -0.2) is 9.97 Å². The molecule has 0 aliphatic carbocycles. The molecule has 3 rings (SSSR count). The van der Waals surface area contributed by atoms with Gasteiger partial charge in [0.25, 0.3) is 0 Å². The third-order valence-electron chi connectivity index (χ3n) is 4.37. The summed E-state index contributed by atoms with van der Waals surface area (Å²) >= 11 is 0. The lowest BCUT2D eigenvalue weighted by atomic mass is 9.96. The number of aliphatic hydroxyl groups is 2. The van der Waals surface area contributed by atoms with Crippen molar-refractivity contribution in [3.63, 3.8) is 0 Å². The SMILES string of the molecule is C[C@H](CO)Nc1cc(N2CCc3cc([C@H](C)O)ccc3C2)ncn1. The Balaban J connectivity index is 1.77. The van der Waals surface area contributed by atoms with Crippen molar-refractivity contribution in [3.05, 3.63) is 47.3 Å². The van der Waals surface area contributed by atoms with Crippen LogP contribution in [0.5, 0.6) is 0 Å². The van der Waals surface area contributed by atoms with Crippen LogP contribution in [0.15, 0.2) is 30.6 Å². The molecule has 0 radical (unpaired) electrons. The number of anilines is 2. The maximum atomic E-state index is 9.73. The number of benzene rings is 1. The van der Waals surface area contributed by atoms with Crippen molar-refractivity contribution < 1.29 is 10.2 Å². The highest BCUT2D eigenvalue weighted by Crippen LogP contribution is 2.26. The summed E-state index contributed by atoms with van der Waals surface area (Å²) < 4.78 is 0. The number of rotatable bonds is 5. The highest BCUT2D eigenvalue weighted by Gasteiger charge is 2.19. The van der Waals surface area contributed by atoms with Gasteiger partial charge in [0.2, 0.25) is 0 Å². The van der Waals surface area contributed by atoms with E-state index in [1.54, 1.807) is 13.3 Å². The molecule has 2 aromatic rings. The Morgan fingerprint density at radius 2 is 2.04 bits per heavy atom. The molecule has 0 saturated carbocycles. The third-order valence-corrected chi connectivity index (χ3v) is 4.37. The van der Waals surface area contributed by atoms with Crippen LogP contribution in [-0.2, 0) is 13.0 Å². The highest BCUT2D eigenvalue weighted by molar-refractivity contribution is 5.51. The minimum Gasteiger partial charge on any atom is -0.394 e. The van der Waals surface area contributed by atoms with Gasteiger partial charge in [-0.05, 0) is 37.0 Å². The fourth-order valence-corrected chi connectivity index (χ4v) is 2.93. The Hall–Kier alpha value is -2.18. The predicted molar refractivity (Wildman–Crippen MR) is 94.0 cm³/mol. The first-order chi connectivity index (χ1) is 11.6. The van der Waals surface area contributed by atoms with E-state index in [0.29, 0.717) is 0 Å². The van der Waals surface area contributed by atoms with E-state index < -0.39 is 6.10 Å². The summed E-state index contributed by atoms with van der Waals surface area (Å²) in [7, 11) is 0. The Labute approximate surface area is 142 Å². The first-order valence-electron chi connectivity index (χ1n) is 8.31. The van der Waals surface area contributed by atoms with Gasteiger partial charge in [-0.1, -0.05) is 18.2 Å². The largest absolute Gasteiger partial charge is 0.394 e. The third kappa shape index (κ3) is 3.66. The number of aromatic nitrogens is 2. The van der Waals surface area contributed by atoms with Gasteiger partial charge in [-0.15, -0.1) is 0 Å². The van der Waals surface area contributed by atoms with Gasteiger partial charge in [0, 0.05) is 25.2 Å². The maximum absolute atomic E-state index is 9.73. The molecule has 128 valence electrons. The van der Waals surface area contributed by atoms with Crippen molar-refractivity contribution >= 4 is 11.6 Å².